The number of rotatable bonds is 6. The molecule has 0 unspecified atom stereocenters. The minimum atomic E-state index is -4.31. The number of fused-ring (bicyclic) bond motifs is 5. The van der Waals surface area contributed by atoms with Crippen molar-refractivity contribution in [1.82, 2.24) is 9.47 Å². The summed E-state index contributed by atoms with van der Waals surface area (Å²) in [5.74, 6) is 0. The summed E-state index contributed by atoms with van der Waals surface area (Å²) in [5, 5.41) is 5.06. The topological polar surface area (TPSA) is 28.5 Å². The van der Waals surface area contributed by atoms with E-state index in [1.807, 2.05) is 41.0 Å². The van der Waals surface area contributed by atoms with Crippen LogP contribution in [-0.2, 0) is 12.7 Å². The lowest BCUT2D eigenvalue weighted by Crippen LogP contribution is -2.46. The zero-order valence-corrected chi connectivity index (χ0v) is 21.6. The molecule has 0 radical (unpaired) electrons. The van der Waals surface area contributed by atoms with Gasteiger partial charge in [0.15, 0.2) is 0 Å². The number of unbranched alkanes of at least 4 members (excludes halogenated alkanes) is 1. The van der Waals surface area contributed by atoms with E-state index in [1.165, 1.54) is 0 Å². The molecule has 7 heteroatoms. The van der Waals surface area contributed by atoms with Crippen LogP contribution in [0.3, 0.4) is 0 Å². The average molecular weight is 530 g/mol. The molecule has 1 saturated heterocycles. The van der Waals surface area contributed by atoms with Gasteiger partial charge in [0.05, 0.1) is 11.1 Å². The Morgan fingerprint density at radius 2 is 1.28 bits per heavy atom. The number of piperazine rings is 1. The number of aromatic nitrogens is 1. The van der Waals surface area contributed by atoms with Gasteiger partial charge >= 0.3 is 6.18 Å². The van der Waals surface area contributed by atoms with Crippen LogP contribution in [0, 0.1) is 0 Å². The molecule has 1 aliphatic rings. The molecule has 1 aliphatic heterocycles. The minimum Gasteiger partial charge on any atom is -0.369 e. The van der Waals surface area contributed by atoms with Crippen molar-refractivity contribution in [3.8, 4) is 0 Å². The first-order chi connectivity index (χ1) is 18.9. The van der Waals surface area contributed by atoms with Crippen molar-refractivity contribution in [3.05, 3.63) is 101 Å². The number of alkyl halides is 3. The van der Waals surface area contributed by atoms with Gasteiger partial charge < -0.3 is 9.47 Å². The van der Waals surface area contributed by atoms with Crippen LogP contribution in [0.4, 0.5) is 18.9 Å². The van der Waals surface area contributed by atoms with Crippen molar-refractivity contribution in [3.63, 3.8) is 0 Å². The fourth-order valence-electron chi connectivity index (χ4n) is 5.82. The van der Waals surface area contributed by atoms with Gasteiger partial charge in [0.2, 0.25) is 0 Å². The van der Waals surface area contributed by atoms with Crippen LogP contribution in [0.1, 0.15) is 18.4 Å². The van der Waals surface area contributed by atoms with Crippen LogP contribution in [-0.4, -0.2) is 42.2 Å². The van der Waals surface area contributed by atoms with Crippen molar-refractivity contribution in [2.24, 2.45) is 0 Å². The third-order valence-electron chi connectivity index (χ3n) is 7.90. The van der Waals surface area contributed by atoms with E-state index in [0.717, 1.165) is 95.8 Å². The summed E-state index contributed by atoms with van der Waals surface area (Å²) in [5.41, 5.74) is 1.27. The van der Waals surface area contributed by atoms with Crippen molar-refractivity contribution < 1.29 is 13.2 Å². The van der Waals surface area contributed by atoms with Crippen molar-refractivity contribution in [2.75, 3.05) is 37.6 Å². The zero-order chi connectivity index (χ0) is 27.0. The average Bonchev–Trinajstić information content (AvgIpc) is 2.96. The lowest BCUT2D eigenvalue weighted by atomic mass is 10.0. The Bertz CT molecular complexity index is 1680. The Balaban J connectivity index is 1.13. The second-order valence-electron chi connectivity index (χ2n) is 10.3. The minimum absolute atomic E-state index is 0.0552. The van der Waals surface area contributed by atoms with E-state index in [0.29, 0.717) is 6.54 Å². The van der Waals surface area contributed by atoms with Crippen LogP contribution in [0.25, 0.3) is 32.4 Å². The standard InChI is InChI=1S/C32H30F3N3O/c33-32(34,35)24-12-14-25(15-13-24)37-21-19-36(20-22-37)17-5-6-18-38-30-26-8-2-1-7-23(26)11-16-28(30)27-9-3-4-10-29(27)31(38)39/h1-4,7-16H,5-6,17-22H2. The summed E-state index contributed by atoms with van der Waals surface area (Å²) in [7, 11) is 0. The maximum atomic E-state index is 13.6. The molecule has 0 aliphatic carbocycles. The number of halogens is 3. The van der Waals surface area contributed by atoms with E-state index in [1.54, 1.807) is 12.1 Å². The molecule has 1 fully saturated rings. The largest absolute Gasteiger partial charge is 0.416 e. The van der Waals surface area contributed by atoms with Crippen molar-refractivity contribution >= 4 is 38.1 Å². The molecule has 200 valence electrons. The van der Waals surface area contributed by atoms with Gasteiger partial charge in [-0.25, -0.2) is 0 Å². The lowest BCUT2D eigenvalue weighted by Gasteiger charge is -2.36. The quantitative estimate of drug-likeness (QED) is 0.176. The predicted molar refractivity (Wildman–Crippen MR) is 153 cm³/mol. The van der Waals surface area contributed by atoms with Gasteiger partial charge in [0.1, 0.15) is 0 Å². The highest BCUT2D eigenvalue weighted by Crippen LogP contribution is 2.31. The third kappa shape index (κ3) is 4.99. The summed E-state index contributed by atoms with van der Waals surface area (Å²) in [4.78, 5) is 18.2. The second-order valence-corrected chi connectivity index (χ2v) is 10.3. The molecule has 0 saturated carbocycles. The van der Waals surface area contributed by atoms with Gasteiger partial charge in [-0.05, 0) is 60.5 Å². The Labute approximate surface area is 224 Å². The van der Waals surface area contributed by atoms with Crippen molar-refractivity contribution in [1.29, 1.82) is 0 Å². The van der Waals surface area contributed by atoms with E-state index >= 15 is 0 Å². The number of hydrogen-bond donors (Lipinski definition) is 0. The number of benzene rings is 4. The molecule has 39 heavy (non-hydrogen) atoms. The lowest BCUT2D eigenvalue weighted by molar-refractivity contribution is -0.137. The molecular weight excluding hydrogens is 499 g/mol. The molecule has 0 N–H and O–H groups in total. The monoisotopic (exact) mass is 529 g/mol. The number of anilines is 1. The van der Waals surface area contributed by atoms with Crippen LogP contribution in [0.15, 0.2) is 89.7 Å². The van der Waals surface area contributed by atoms with Gasteiger partial charge in [-0.2, -0.15) is 13.2 Å². The maximum Gasteiger partial charge on any atom is 0.416 e. The van der Waals surface area contributed by atoms with Crippen LogP contribution < -0.4 is 10.5 Å². The Kier molecular flexibility index (Phi) is 6.77. The smallest absolute Gasteiger partial charge is 0.369 e. The van der Waals surface area contributed by atoms with Crippen LogP contribution in [0.2, 0.25) is 0 Å². The van der Waals surface area contributed by atoms with Gasteiger partial charge in [0, 0.05) is 54.6 Å². The molecule has 4 nitrogen and oxygen atoms in total. The highest BCUT2D eigenvalue weighted by molar-refractivity contribution is 6.15. The van der Waals surface area contributed by atoms with Crippen molar-refractivity contribution in [2.45, 2.75) is 25.6 Å². The summed E-state index contributed by atoms with van der Waals surface area (Å²) in [6.07, 6.45) is -2.46. The first-order valence-corrected chi connectivity index (χ1v) is 13.5. The summed E-state index contributed by atoms with van der Waals surface area (Å²) in [6.45, 7) is 4.88. The first kappa shape index (κ1) is 25.4. The summed E-state index contributed by atoms with van der Waals surface area (Å²) >= 11 is 0. The Morgan fingerprint density at radius 3 is 2.00 bits per heavy atom. The molecular formula is C32H30F3N3O. The van der Waals surface area contributed by atoms with E-state index in [4.69, 9.17) is 0 Å². The van der Waals surface area contributed by atoms with Gasteiger partial charge in [-0.3, -0.25) is 9.69 Å². The number of hydrogen-bond acceptors (Lipinski definition) is 3. The van der Waals surface area contributed by atoms with Crippen LogP contribution >= 0.6 is 0 Å². The molecule has 0 spiro atoms. The Morgan fingerprint density at radius 1 is 0.641 bits per heavy atom. The molecule has 6 rings (SSSR count). The maximum absolute atomic E-state index is 13.6. The van der Waals surface area contributed by atoms with E-state index in [-0.39, 0.29) is 5.56 Å². The first-order valence-electron chi connectivity index (χ1n) is 13.5. The number of nitrogens with zero attached hydrogens (tertiary/aromatic N) is 3. The molecule has 0 amide bonds. The van der Waals surface area contributed by atoms with Gasteiger partial charge in [-0.15, -0.1) is 0 Å². The molecule has 5 aromatic rings. The highest BCUT2D eigenvalue weighted by atomic mass is 19.4. The second kappa shape index (κ2) is 10.4. The van der Waals surface area contributed by atoms with E-state index < -0.39 is 11.7 Å². The molecule has 0 bridgehead atoms. The van der Waals surface area contributed by atoms with E-state index in [9.17, 15) is 18.0 Å². The Hall–Kier alpha value is -3.84. The zero-order valence-electron chi connectivity index (χ0n) is 21.6. The molecule has 1 aromatic heterocycles. The molecule has 4 aromatic carbocycles. The number of pyridine rings is 1. The SMILES string of the molecule is O=c1c2ccccc2c2ccc3ccccc3c2n1CCCCN1CCN(c2ccc(C(F)(F)F)cc2)CC1. The molecule has 0 atom stereocenters. The predicted octanol–water partition coefficient (Wildman–Crippen LogP) is 6.93. The fraction of sp³-hybridized carbons (Fsp3) is 0.281. The summed E-state index contributed by atoms with van der Waals surface area (Å²) < 4.78 is 40.6. The molecule has 2 heterocycles. The van der Waals surface area contributed by atoms with Gasteiger partial charge in [-0.1, -0.05) is 54.6 Å². The number of aryl methyl sites for hydroxylation is 1. The van der Waals surface area contributed by atoms with Crippen LogP contribution in [0.5, 0.6) is 0 Å². The summed E-state index contributed by atoms with van der Waals surface area (Å²) in [6, 6.07) is 25.8. The highest BCUT2D eigenvalue weighted by Gasteiger charge is 2.30. The third-order valence-corrected chi connectivity index (χ3v) is 7.90. The van der Waals surface area contributed by atoms with E-state index in [2.05, 4.69) is 34.1 Å². The van der Waals surface area contributed by atoms with Gasteiger partial charge in [0.25, 0.3) is 5.56 Å². The fourth-order valence-corrected chi connectivity index (χ4v) is 5.82. The normalized spacial score (nSPS) is 15.0.